The van der Waals surface area contributed by atoms with Gasteiger partial charge in [0.05, 0.1) is 5.69 Å². The van der Waals surface area contributed by atoms with Gasteiger partial charge in [-0.3, -0.25) is 9.51 Å². The predicted octanol–water partition coefficient (Wildman–Crippen LogP) is 5.34. The van der Waals surface area contributed by atoms with Crippen molar-refractivity contribution < 1.29 is 28.3 Å². The Labute approximate surface area is 180 Å². The number of phosphoric acid groups is 1. The molecule has 0 radical (unpaired) electrons. The van der Waals surface area contributed by atoms with Gasteiger partial charge < -0.3 is 19.8 Å². The van der Waals surface area contributed by atoms with Crippen LogP contribution >= 0.6 is 7.82 Å². The lowest BCUT2D eigenvalue weighted by atomic mass is 10.1. The number of ether oxygens (including phenoxy) is 1. The van der Waals surface area contributed by atoms with Gasteiger partial charge in [0.1, 0.15) is 12.4 Å². The first-order valence-electron chi connectivity index (χ1n) is 9.81. The van der Waals surface area contributed by atoms with Crippen LogP contribution in [0.2, 0.25) is 0 Å². The molecule has 0 spiro atoms. The third-order valence-electron chi connectivity index (χ3n) is 4.72. The normalized spacial score (nSPS) is 15.2. The van der Waals surface area contributed by atoms with E-state index >= 15 is 0 Å². The number of hydrogen-bond acceptors (Lipinski definition) is 7. The molecule has 0 amide bonds. The summed E-state index contributed by atoms with van der Waals surface area (Å²) in [7, 11) is -3.17. The molecule has 1 aliphatic rings. The van der Waals surface area contributed by atoms with Gasteiger partial charge in [-0.2, -0.15) is 0 Å². The van der Waals surface area contributed by atoms with E-state index in [1.807, 2.05) is 36.4 Å². The zero-order valence-corrected chi connectivity index (χ0v) is 17.8. The van der Waals surface area contributed by atoms with E-state index in [2.05, 4.69) is 25.6 Å². The first-order valence-corrected chi connectivity index (χ1v) is 11.3. The van der Waals surface area contributed by atoms with E-state index in [-0.39, 0.29) is 5.75 Å². The number of nitrogens with zero attached hydrogens (tertiary/aromatic N) is 1. The lowest BCUT2D eigenvalue weighted by molar-refractivity contribution is -0.125. The molecule has 0 saturated heterocycles. The Hall–Kier alpha value is -2.90. The molecule has 1 saturated carbocycles. The van der Waals surface area contributed by atoms with E-state index in [0.29, 0.717) is 12.5 Å². The van der Waals surface area contributed by atoms with E-state index in [1.54, 1.807) is 24.4 Å². The minimum Gasteiger partial charge on any atom is -0.487 e. The van der Waals surface area contributed by atoms with Crippen molar-refractivity contribution in [3.63, 3.8) is 0 Å². The zero-order chi connectivity index (χ0) is 21.7. The van der Waals surface area contributed by atoms with Crippen LogP contribution in [0.25, 0.3) is 0 Å². The van der Waals surface area contributed by atoms with Gasteiger partial charge in [-0.05, 0) is 66.8 Å². The molecule has 162 valence electrons. The van der Waals surface area contributed by atoms with Crippen molar-refractivity contribution in [2.24, 2.45) is 0 Å². The molecule has 1 atom stereocenters. The number of phosphoric ester groups is 1. The van der Waals surface area contributed by atoms with Crippen LogP contribution in [-0.4, -0.2) is 17.0 Å². The molecule has 3 aromatic rings. The maximum atomic E-state index is 11.4. The highest BCUT2D eigenvalue weighted by atomic mass is 31.2. The van der Waals surface area contributed by atoms with Crippen molar-refractivity contribution in [2.75, 3.05) is 12.4 Å². The minimum atomic E-state index is -4.23. The van der Waals surface area contributed by atoms with Crippen molar-refractivity contribution in [2.45, 2.75) is 25.4 Å². The number of anilines is 2. The van der Waals surface area contributed by atoms with Gasteiger partial charge >= 0.3 is 7.82 Å². The van der Waals surface area contributed by atoms with Gasteiger partial charge in [-0.25, -0.2) is 4.57 Å². The molecule has 1 fully saturated rings. The Kier molecular flexibility index (Phi) is 6.53. The molecule has 1 aliphatic carbocycles. The first-order chi connectivity index (χ1) is 15.0. The van der Waals surface area contributed by atoms with Crippen LogP contribution in [0, 0.1) is 0 Å². The van der Waals surface area contributed by atoms with Gasteiger partial charge in [0, 0.05) is 30.7 Å². The molecule has 9 heteroatoms. The van der Waals surface area contributed by atoms with Crippen molar-refractivity contribution in [3.8, 4) is 11.5 Å². The fraction of sp³-hybridized carbons (Fsp3) is 0.227. The number of aromatic nitrogens is 1. The van der Waals surface area contributed by atoms with Crippen LogP contribution in [0.15, 0.2) is 66.9 Å². The average Bonchev–Trinajstić information content (AvgIpc) is 3.63. The third-order valence-corrected chi connectivity index (χ3v) is 5.45. The number of nitrogens with one attached hydrogen (secondary N) is 1. The topological polar surface area (TPSA) is 99.1 Å². The molecule has 1 heterocycles. The van der Waals surface area contributed by atoms with Crippen LogP contribution in [0.3, 0.4) is 0 Å². The second-order valence-electron chi connectivity index (χ2n) is 7.09. The van der Waals surface area contributed by atoms with E-state index in [4.69, 9.17) is 9.62 Å². The summed E-state index contributed by atoms with van der Waals surface area (Å²) < 4.78 is 26.1. The first kappa shape index (κ1) is 21.3. The number of benzene rings is 2. The molecule has 31 heavy (non-hydrogen) atoms. The van der Waals surface area contributed by atoms with Gasteiger partial charge in [0.25, 0.3) is 0 Å². The van der Waals surface area contributed by atoms with Crippen molar-refractivity contribution in [1.29, 1.82) is 0 Å². The quantitative estimate of drug-likeness (QED) is 0.247. The zero-order valence-electron chi connectivity index (χ0n) is 16.9. The fourth-order valence-electron chi connectivity index (χ4n) is 3.02. The Morgan fingerprint density at radius 3 is 2.71 bits per heavy atom. The Morgan fingerprint density at radius 2 is 1.97 bits per heavy atom. The molecule has 4 rings (SSSR count). The minimum absolute atomic E-state index is 0.264. The molecule has 1 aromatic heterocycles. The largest absolute Gasteiger partial charge is 0.508 e. The highest BCUT2D eigenvalue weighted by Gasteiger charge is 2.27. The summed E-state index contributed by atoms with van der Waals surface area (Å²) in [5.74, 6) is 1.55. The van der Waals surface area contributed by atoms with Crippen LogP contribution in [-0.2, 0) is 20.4 Å². The highest BCUT2D eigenvalue weighted by molar-refractivity contribution is 7.47. The Morgan fingerprint density at radius 1 is 1.10 bits per heavy atom. The summed E-state index contributed by atoms with van der Waals surface area (Å²) in [6, 6.07) is 18.6. The van der Waals surface area contributed by atoms with Crippen LogP contribution < -0.4 is 14.9 Å². The number of rotatable bonds is 10. The van der Waals surface area contributed by atoms with E-state index in [1.165, 1.54) is 5.56 Å². The lowest BCUT2D eigenvalue weighted by Crippen LogP contribution is -2.00. The van der Waals surface area contributed by atoms with Crippen LogP contribution in [0.5, 0.6) is 11.5 Å². The predicted molar refractivity (Wildman–Crippen MR) is 115 cm³/mol. The molecule has 0 aliphatic heterocycles. The molecular weight excluding hydrogens is 419 g/mol. The summed E-state index contributed by atoms with van der Waals surface area (Å²) in [5, 5.41) is 3.38. The second kappa shape index (κ2) is 9.49. The highest BCUT2D eigenvalue weighted by Crippen LogP contribution is 2.46. The molecule has 1 unspecified atom stereocenters. The van der Waals surface area contributed by atoms with E-state index in [0.717, 1.165) is 42.8 Å². The van der Waals surface area contributed by atoms with E-state index < -0.39 is 7.82 Å². The van der Waals surface area contributed by atoms with Crippen molar-refractivity contribution >= 4 is 19.2 Å². The van der Waals surface area contributed by atoms with Gasteiger partial charge in [0.2, 0.25) is 0 Å². The summed E-state index contributed by atoms with van der Waals surface area (Å²) in [6.07, 6.45) is 4.02. The number of hydrogen-bond donors (Lipinski definition) is 2. The molecule has 0 bridgehead atoms. The number of pyridine rings is 1. The summed E-state index contributed by atoms with van der Waals surface area (Å²) in [6.45, 7) is 0.410. The lowest BCUT2D eigenvalue weighted by Gasteiger charge is -2.15. The maximum absolute atomic E-state index is 11.4. The fourth-order valence-corrected chi connectivity index (χ4v) is 3.26. The maximum Gasteiger partial charge on any atom is 0.508 e. The van der Waals surface area contributed by atoms with Crippen LogP contribution in [0.1, 0.15) is 30.0 Å². The smallest absolute Gasteiger partial charge is 0.487 e. The van der Waals surface area contributed by atoms with Gasteiger partial charge in [-0.1, -0.05) is 16.8 Å². The Bertz CT molecular complexity index is 1070. The molecular formula is C22H23N2O6P. The molecule has 2 aromatic carbocycles. The van der Waals surface area contributed by atoms with Crippen LogP contribution in [0.4, 0.5) is 11.4 Å². The van der Waals surface area contributed by atoms with E-state index in [9.17, 15) is 9.46 Å². The standard InChI is InChI=1S/C22H23N2O6P/c1-27-31(25,26)30-29-20-7-4-6-17(13-20)24-22-11-10-19(14-21(22)16-8-9-16)28-15-18-5-2-3-12-23-18/h2-7,10-14,16,24H,8-9,15H2,1H3,(H,25,26). The molecule has 8 nitrogen and oxygen atoms in total. The summed E-state index contributed by atoms with van der Waals surface area (Å²) in [4.78, 5) is 18.5. The van der Waals surface area contributed by atoms with Crippen molar-refractivity contribution in [3.05, 3.63) is 78.1 Å². The monoisotopic (exact) mass is 442 g/mol. The van der Waals surface area contributed by atoms with Crippen molar-refractivity contribution in [1.82, 2.24) is 4.98 Å². The van der Waals surface area contributed by atoms with Gasteiger partial charge in [-0.15, -0.1) is 0 Å². The summed E-state index contributed by atoms with van der Waals surface area (Å²) in [5.41, 5.74) is 3.77. The molecule has 2 N–H and O–H groups in total. The second-order valence-corrected chi connectivity index (χ2v) is 8.55. The summed E-state index contributed by atoms with van der Waals surface area (Å²) >= 11 is 0. The SMILES string of the molecule is COP(=O)(O)OOc1cccc(Nc2ccc(OCc3ccccn3)cc2C2CC2)c1. The average molecular weight is 442 g/mol. The Balaban J connectivity index is 1.46. The van der Waals surface area contributed by atoms with Gasteiger partial charge in [0.15, 0.2) is 5.75 Å². The third kappa shape index (κ3) is 6.06.